The Morgan fingerprint density at radius 3 is 2.45 bits per heavy atom. The van der Waals surface area contributed by atoms with Gasteiger partial charge in [0.25, 0.3) is 5.56 Å². The largest absolute Gasteiger partial charge is 0.497 e. The van der Waals surface area contributed by atoms with E-state index >= 15 is 0 Å². The van der Waals surface area contributed by atoms with Crippen LogP contribution in [0.15, 0.2) is 69.1 Å². The van der Waals surface area contributed by atoms with Gasteiger partial charge in [0.05, 0.1) is 12.5 Å². The van der Waals surface area contributed by atoms with Gasteiger partial charge in [0.15, 0.2) is 5.39 Å². The average molecular weight is 416 g/mol. The van der Waals surface area contributed by atoms with Gasteiger partial charge in [0, 0.05) is 18.2 Å². The van der Waals surface area contributed by atoms with Gasteiger partial charge >= 0.3 is 0 Å². The van der Waals surface area contributed by atoms with Crippen LogP contribution in [0, 0.1) is 0 Å². The quantitative estimate of drug-likeness (QED) is 0.357. The first-order chi connectivity index (χ1) is 14.7. The third-order valence-electron chi connectivity index (χ3n) is 5.32. The number of methoxy groups -OCH3 is 1. The minimum atomic E-state index is -0.453. The van der Waals surface area contributed by atoms with Crippen LogP contribution in [0.1, 0.15) is 26.3 Å². The van der Waals surface area contributed by atoms with Crippen LogP contribution < -0.4 is 15.7 Å². The Hall–Kier alpha value is -3.67. The second kappa shape index (κ2) is 7.54. The molecule has 0 amide bonds. The van der Waals surface area contributed by atoms with Crippen LogP contribution in [0.25, 0.3) is 33.5 Å². The van der Waals surface area contributed by atoms with Crippen LogP contribution in [0.5, 0.6) is 5.75 Å². The molecule has 31 heavy (non-hydrogen) atoms. The highest BCUT2D eigenvalue weighted by Crippen LogP contribution is 2.27. The van der Waals surface area contributed by atoms with Crippen molar-refractivity contribution in [2.45, 2.75) is 32.7 Å². The number of nitrogens with zero attached hydrogens (tertiary/aromatic N) is 2. The van der Waals surface area contributed by atoms with E-state index < -0.39 is 11.0 Å². The average Bonchev–Trinajstić information content (AvgIpc) is 2.74. The predicted molar refractivity (Wildman–Crippen MR) is 123 cm³/mol. The van der Waals surface area contributed by atoms with Gasteiger partial charge in [0.1, 0.15) is 17.2 Å². The summed E-state index contributed by atoms with van der Waals surface area (Å²) in [5, 5.41) is 0.231. The lowest BCUT2D eigenvalue weighted by Gasteiger charge is -2.19. The molecule has 0 atom stereocenters. The zero-order chi connectivity index (χ0) is 22.3. The smallest absolute Gasteiger partial charge is 0.269 e. The van der Waals surface area contributed by atoms with Crippen molar-refractivity contribution in [2.75, 3.05) is 7.11 Å². The van der Waals surface area contributed by atoms with E-state index in [9.17, 15) is 9.59 Å². The molecule has 0 aliphatic heterocycles. The van der Waals surface area contributed by atoms with Crippen molar-refractivity contribution in [3.63, 3.8) is 0 Å². The zero-order valence-electron chi connectivity index (χ0n) is 18.1. The molecule has 6 heteroatoms. The molecule has 0 unspecified atom stereocenters. The molecule has 2 aromatic heterocycles. The van der Waals surface area contributed by atoms with Gasteiger partial charge in [0.2, 0.25) is 11.1 Å². The molecular formula is C25H24N2O4. The highest BCUT2D eigenvalue weighted by atomic mass is 16.5. The molecule has 4 aromatic rings. The highest BCUT2D eigenvalue weighted by Gasteiger charge is 2.19. The summed E-state index contributed by atoms with van der Waals surface area (Å²) in [5.74, 6) is 0.969. The standard InChI is InChI=1S/C25H24N2O4/c1-6-13-27-22(15-7-9-16(10-8-15)25(2,3)4)26-23-20(24(27)29)21(28)18-12-11-17(30-5)14-19(18)31-23/h6-12,14H,1,13H2,2-5H3. The van der Waals surface area contributed by atoms with Crippen LogP contribution in [-0.2, 0) is 12.0 Å². The van der Waals surface area contributed by atoms with E-state index in [-0.39, 0.29) is 23.1 Å². The Morgan fingerprint density at radius 2 is 1.84 bits per heavy atom. The third kappa shape index (κ3) is 3.54. The van der Waals surface area contributed by atoms with Gasteiger partial charge in [-0.1, -0.05) is 51.1 Å². The number of hydrogen-bond acceptors (Lipinski definition) is 5. The Kier molecular flexibility index (Phi) is 5.01. The van der Waals surface area contributed by atoms with Gasteiger partial charge in [-0.2, -0.15) is 4.98 Å². The monoisotopic (exact) mass is 416 g/mol. The lowest BCUT2D eigenvalue weighted by molar-refractivity contribution is 0.414. The van der Waals surface area contributed by atoms with Crippen LogP contribution >= 0.6 is 0 Å². The van der Waals surface area contributed by atoms with E-state index in [1.807, 2.05) is 24.3 Å². The fourth-order valence-electron chi connectivity index (χ4n) is 3.58. The Balaban J connectivity index is 2.04. The van der Waals surface area contributed by atoms with Crippen LogP contribution in [0.2, 0.25) is 0 Å². The summed E-state index contributed by atoms with van der Waals surface area (Å²) in [6.07, 6.45) is 1.61. The molecule has 4 rings (SSSR count). The van der Waals surface area contributed by atoms with Crippen molar-refractivity contribution in [1.82, 2.24) is 9.55 Å². The summed E-state index contributed by atoms with van der Waals surface area (Å²) in [7, 11) is 1.53. The van der Waals surface area contributed by atoms with Crippen molar-refractivity contribution in [3.05, 3.63) is 81.3 Å². The molecule has 0 saturated heterocycles. The van der Waals surface area contributed by atoms with Gasteiger partial charge in [-0.05, 0) is 23.1 Å². The Morgan fingerprint density at radius 1 is 1.13 bits per heavy atom. The van der Waals surface area contributed by atoms with Crippen molar-refractivity contribution >= 4 is 22.1 Å². The minimum Gasteiger partial charge on any atom is -0.497 e. The normalized spacial score (nSPS) is 11.7. The van der Waals surface area contributed by atoms with Crippen LogP contribution in [0.3, 0.4) is 0 Å². The molecule has 0 fully saturated rings. The number of allylic oxidation sites excluding steroid dienone is 1. The Labute approximate surface area is 179 Å². The molecular weight excluding hydrogens is 392 g/mol. The summed E-state index contributed by atoms with van der Waals surface area (Å²) < 4.78 is 12.6. The van der Waals surface area contributed by atoms with Crippen molar-refractivity contribution in [3.8, 4) is 17.1 Å². The minimum absolute atomic E-state index is 0.000884. The van der Waals surface area contributed by atoms with Gasteiger partial charge < -0.3 is 9.15 Å². The lowest BCUT2D eigenvalue weighted by atomic mass is 9.86. The van der Waals surface area contributed by atoms with Crippen molar-refractivity contribution < 1.29 is 9.15 Å². The molecule has 2 heterocycles. The highest BCUT2D eigenvalue weighted by molar-refractivity contribution is 5.89. The Bertz CT molecular complexity index is 1420. The summed E-state index contributed by atoms with van der Waals surface area (Å²) in [6, 6.07) is 12.8. The summed E-state index contributed by atoms with van der Waals surface area (Å²) in [5.41, 5.74) is 1.38. The predicted octanol–water partition coefficient (Wildman–Crippen LogP) is 4.66. The first-order valence-corrected chi connectivity index (χ1v) is 10.0. The second-order valence-electron chi connectivity index (χ2n) is 8.44. The van der Waals surface area contributed by atoms with Crippen molar-refractivity contribution in [2.24, 2.45) is 0 Å². The maximum absolute atomic E-state index is 13.3. The first kappa shape index (κ1) is 20.6. The molecule has 0 bridgehead atoms. The number of hydrogen-bond donors (Lipinski definition) is 0. The number of fused-ring (bicyclic) bond motifs is 2. The topological polar surface area (TPSA) is 74.3 Å². The summed E-state index contributed by atoms with van der Waals surface area (Å²) >= 11 is 0. The molecule has 2 aromatic carbocycles. The van der Waals surface area contributed by atoms with E-state index in [2.05, 4.69) is 32.3 Å². The number of aromatic nitrogens is 2. The van der Waals surface area contributed by atoms with E-state index in [1.54, 1.807) is 24.3 Å². The maximum Gasteiger partial charge on any atom is 0.269 e. The number of benzene rings is 2. The molecule has 0 saturated carbocycles. The third-order valence-corrected chi connectivity index (χ3v) is 5.32. The first-order valence-electron chi connectivity index (χ1n) is 10.0. The summed E-state index contributed by atoms with van der Waals surface area (Å²) in [4.78, 5) is 31.0. The molecule has 0 spiro atoms. The van der Waals surface area contributed by atoms with E-state index in [4.69, 9.17) is 9.15 Å². The lowest BCUT2D eigenvalue weighted by Crippen LogP contribution is -2.27. The van der Waals surface area contributed by atoms with Gasteiger partial charge in [-0.15, -0.1) is 6.58 Å². The zero-order valence-corrected chi connectivity index (χ0v) is 18.1. The fourth-order valence-corrected chi connectivity index (χ4v) is 3.58. The van der Waals surface area contributed by atoms with E-state index in [0.717, 1.165) is 5.56 Å². The van der Waals surface area contributed by atoms with E-state index in [0.29, 0.717) is 22.5 Å². The maximum atomic E-state index is 13.3. The van der Waals surface area contributed by atoms with Crippen LogP contribution in [0.4, 0.5) is 0 Å². The molecule has 6 nitrogen and oxygen atoms in total. The SMILES string of the molecule is C=CCn1c(-c2ccc(C(C)(C)C)cc2)nc2oc3cc(OC)ccc3c(=O)c2c1=O. The van der Waals surface area contributed by atoms with Gasteiger partial charge in [-0.25, -0.2) is 0 Å². The molecule has 0 radical (unpaired) electrons. The number of rotatable bonds is 4. The molecule has 0 aliphatic carbocycles. The number of ether oxygens (including phenoxy) is 1. The molecule has 0 N–H and O–H groups in total. The fraction of sp³-hybridized carbons (Fsp3) is 0.240. The van der Waals surface area contributed by atoms with E-state index in [1.165, 1.54) is 17.2 Å². The van der Waals surface area contributed by atoms with Crippen LogP contribution in [-0.4, -0.2) is 16.7 Å². The molecule has 0 aliphatic rings. The van der Waals surface area contributed by atoms with Crippen molar-refractivity contribution in [1.29, 1.82) is 0 Å². The van der Waals surface area contributed by atoms with Gasteiger partial charge in [-0.3, -0.25) is 14.2 Å². The second-order valence-corrected chi connectivity index (χ2v) is 8.44. The summed E-state index contributed by atoms with van der Waals surface area (Å²) in [6.45, 7) is 10.4. The molecule has 158 valence electrons.